The van der Waals surface area contributed by atoms with E-state index in [1.807, 2.05) is 0 Å². The summed E-state index contributed by atoms with van der Waals surface area (Å²) < 4.78 is 293. The zero-order valence-corrected chi connectivity index (χ0v) is 46.1. The zero-order valence-electron chi connectivity index (χ0n) is 40.4. The monoisotopic (exact) mass is 1340 g/mol. The van der Waals surface area contributed by atoms with Crippen LogP contribution in [-0.4, -0.2) is 284 Å². The van der Waals surface area contributed by atoms with Crippen LogP contribution in [0.15, 0.2) is 0 Å². The summed E-state index contributed by atoms with van der Waals surface area (Å²) in [5.41, 5.74) is 5.25. The van der Waals surface area contributed by atoms with E-state index >= 15 is 0 Å². The number of aliphatic carboxylic acids is 2. The number of nitrogens with one attached hydrogen (secondary N) is 2. The maximum Gasteiger partial charge on any atom is 0.397 e. The number of aliphatic hydroxyl groups is 5. The highest BCUT2D eigenvalue weighted by atomic mass is 32.3. The molecule has 0 radical (unpaired) electrons. The van der Waals surface area contributed by atoms with Crippen molar-refractivity contribution in [1.29, 1.82) is 0 Å². The summed E-state index contributed by atoms with van der Waals surface area (Å²) in [6.07, 6.45) is -51.9. The minimum absolute atomic E-state index is 0.00736. The third-order valence-electron chi connectivity index (χ3n) is 11.3. The SMILES string of the molecule is NCCS(=O)(=O)CCCCCO[C@@H]1O[C@@H](C(=O)[O-])[C@@H](O[C@H]2O[C@H](COS(=O)(=O)[O-])[C@@H](O[C@@H]3O[C@@H](C(=O)[O-])[C@@H](O[C@H]4O[C@H](COS(=O)(=O)[O-])[C@@H](O)[C@H](O)[C@H]4NS(=O)(=O)[O-])[C@H](O)[C@H]3OS(=O)(=O)O)[C@H](O)[C@H]2NS(=O)(=O)[O-])[C@H](O)[C@H]1OS(=O)(=O)O. The molecule has 0 aliphatic carbocycles. The van der Waals surface area contributed by atoms with Crippen LogP contribution in [-0.2, 0) is 136 Å². The van der Waals surface area contributed by atoms with Crippen LogP contribution in [0, 0.1) is 0 Å². The van der Waals surface area contributed by atoms with Gasteiger partial charge in [-0.2, -0.15) is 16.8 Å². The summed E-state index contributed by atoms with van der Waals surface area (Å²) in [6.45, 7) is -4.29. The van der Waals surface area contributed by atoms with Crippen LogP contribution in [0.1, 0.15) is 19.3 Å². The van der Waals surface area contributed by atoms with Crippen LogP contribution in [0.3, 0.4) is 0 Å². The molecule has 0 aromatic carbocycles. The molecule has 4 saturated heterocycles. The molecule has 0 saturated carbocycles. The smallest absolute Gasteiger partial charge is 0.397 e. The number of aliphatic hydroxyl groups excluding tert-OH is 5. The van der Waals surface area contributed by atoms with Gasteiger partial charge in [-0.05, 0) is 12.8 Å². The molecule has 20 atom stereocenters. The number of unbranched alkanes of at least 4 members (excludes halogenated alkanes) is 2. The fraction of sp³-hybridized carbons (Fsp3) is 0.935. The number of ether oxygens (including phenoxy) is 8. The van der Waals surface area contributed by atoms with Gasteiger partial charge < -0.3 is 107 Å². The molecule has 4 aliphatic rings. The summed E-state index contributed by atoms with van der Waals surface area (Å²) in [5, 5.41) is 80.9. The van der Waals surface area contributed by atoms with E-state index in [0.717, 1.165) is 9.44 Å². The topological polar surface area (TPSA) is 714 Å². The van der Waals surface area contributed by atoms with Crippen molar-refractivity contribution in [3.05, 3.63) is 0 Å². The molecular formula is C31H49N3O41S7-6. The van der Waals surface area contributed by atoms with Crippen LogP contribution in [0.4, 0.5) is 0 Å². The number of nitrogens with two attached hydrogens (primary N) is 1. The zero-order chi connectivity index (χ0) is 62.5. The first-order valence-corrected chi connectivity index (χ1v) is 32.2. The summed E-state index contributed by atoms with van der Waals surface area (Å²) in [7, 11) is -39.2. The largest absolute Gasteiger partial charge is 0.735 e. The highest BCUT2D eigenvalue weighted by Gasteiger charge is 2.58. The lowest BCUT2D eigenvalue weighted by atomic mass is 9.94. The highest BCUT2D eigenvalue weighted by Crippen LogP contribution is 2.37. The molecule has 44 nitrogen and oxygen atoms in total. The summed E-state index contributed by atoms with van der Waals surface area (Å²) >= 11 is 0. The van der Waals surface area contributed by atoms with Gasteiger partial charge in [-0.25, -0.2) is 59.9 Å². The van der Waals surface area contributed by atoms with Crippen LogP contribution >= 0.6 is 0 Å². The minimum Gasteiger partial charge on any atom is -0.735 e. The lowest BCUT2D eigenvalue weighted by molar-refractivity contribution is -0.385. The Hall–Kier alpha value is -2.45. The Morgan fingerprint density at radius 2 is 0.902 bits per heavy atom. The molecule has 0 aromatic heterocycles. The number of hydrogen-bond acceptors (Lipinski definition) is 40. The van der Waals surface area contributed by atoms with Gasteiger partial charge in [0.1, 0.15) is 85.3 Å². The van der Waals surface area contributed by atoms with E-state index in [-0.39, 0.29) is 37.3 Å². The number of hydrogen-bond donors (Lipinski definition) is 10. The van der Waals surface area contributed by atoms with Gasteiger partial charge in [0.15, 0.2) is 67.8 Å². The van der Waals surface area contributed by atoms with E-state index in [0.29, 0.717) is 0 Å². The minimum atomic E-state index is -6.13. The Balaban J connectivity index is 1.76. The Morgan fingerprint density at radius 3 is 1.33 bits per heavy atom. The van der Waals surface area contributed by atoms with Gasteiger partial charge in [-0.3, -0.25) is 17.5 Å². The molecule has 0 aromatic rings. The Kier molecular flexibility index (Phi) is 25.1. The molecule has 4 rings (SSSR count). The molecule has 0 unspecified atom stereocenters. The fourth-order valence-electron chi connectivity index (χ4n) is 8.02. The van der Waals surface area contributed by atoms with Crippen LogP contribution in [0.2, 0.25) is 0 Å². The van der Waals surface area contributed by atoms with E-state index < -0.39 is 227 Å². The first-order valence-electron chi connectivity index (χ1n) is 22.2. The number of carboxylic acids is 2. The maximum atomic E-state index is 12.6. The van der Waals surface area contributed by atoms with Crippen molar-refractivity contribution < 1.29 is 186 Å². The number of carboxylic acid groups (broad SMARTS) is 2. The molecule has 0 amide bonds. The van der Waals surface area contributed by atoms with Crippen LogP contribution < -0.4 is 25.4 Å². The molecule has 4 aliphatic heterocycles. The predicted octanol–water partition coefficient (Wildman–Crippen LogP) is -14.9. The predicted molar refractivity (Wildman–Crippen MR) is 234 cm³/mol. The molecule has 0 spiro atoms. The lowest BCUT2D eigenvalue weighted by Gasteiger charge is -2.51. The Morgan fingerprint density at radius 1 is 0.488 bits per heavy atom. The van der Waals surface area contributed by atoms with Crippen molar-refractivity contribution >= 4 is 84.0 Å². The Labute approximate surface area is 463 Å². The maximum absolute atomic E-state index is 12.6. The van der Waals surface area contributed by atoms with Gasteiger partial charge in [0.2, 0.25) is 20.8 Å². The van der Waals surface area contributed by atoms with Crippen molar-refractivity contribution in [2.24, 2.45) is 5.73 Å². The van der Waals surface area contributed by atoms with Crippen molar-refractivity contribution in [3.8, 4) is 0 Å². The van der Waals surface area contributed by atoms with Crippen molar-refractivity contribution in [3.63, 3.8) is 0 Å². The summed E-state index contributed by atoms with van der Waals surface area (Å²) in [5.74, 6) is -5.85. The van der Waals surface area contributed by atoms with E-state index in [1.165, 1.54) is 0 Å². The van der Waals surface area contributed by atoms with E-state index in [1.54, 1.807) is 0 Å². The van der Waals surface area contributed by atoms with E-state index in [9.17, 15) is 132 Å². The molecule has 4 fully saturated rings. The van der Waals surface area contributed by atoms with E-state index in [2.05, 4.69) is 16.7 Å². The van der Waals surface area contributed by atoms with Gasteiger partial charge >= 0.3 is 20.8 Å². The molecular weight excluding hydrogens is 1290 g/mol. The average Bonchev–Trinajstić information content (AvgIpc) is 3.52. The fourth-order valence-corrected chi connectivity index (χ4v) is 12.0. The standard InChI is InChI=1S/C31H55N3O41S7/c32-4-7-76(44,45)6-3-1-2-5-64-30-22(74-81(58,59)60)17(38)20(24(72-30)26(40)41)71-29-13(34-78(49,50)51)16(37)19(11(68-29)9-66-80(55,56)57)69-31-23(75-82(61,62)63)18(39)21(25(73-31)27(42)43)70-28-12(33-77(46,47)48)15(36)14(35)10(67-28)8-65-79(52,53)54/h10-25,28-31,33-39H,1-9,32H2,(H,40,41)(H,42,43)(H,46,47,48)(H,49,50,51)(H,52,53,54)(H,55,56,57)(H,58,59,60)(H,61,62,63)/p-6/t10-,11-,12-,13-,14-,15-,16-,17+,18+,19-,20+,21+,22-,23-,24-,25-,28-,29-,30-,31-/m1/s1. The van der Waals surface area contributed by atoms with Gasteiger partial charge in [0, 0.05) is 13.2 Å². The molecule has 482 valence electrons. The van der Waals surface area contributed by atoms with Crippen molar-refractivity contribution in [2.75, 3.05) is 37.9 Å². The molecule has 0 bridgehead atoms. The first kappa shape index (κ1) is 72.0. The average molecular weight is 1340 g/mol. The highest BCUT2D eigenvalue weighted by molar-refractivity contribution is 7.91. The Bertz CT molecular complexity index is 2990. The molecule has 11 N–H and O–H groups in total. The van der Waals surface area contributed by atoms with Crippen LogP contribution in [0.25, 0.3) is 0 Å². The number of carbonyl (C=O) groups excluding carboxylic acids is 2. The number of sulfone groups is 1. The van der Waals surface area contributed by atoms with Crippen molar-refractivity contribution in [2.45, 2.75) is 142 Å². The quantitative estimate of drug-likeness (QED) is 0.0175. The number of rotatable bonds is 31. The second-order valence-corrected chi connectivity index (χ2v) is 26.1. The van der Waals surface area contributed by atoms with Gasteiger partial charge in [0.05, 0.1) is 36.7 Å². The van der Waals surface area contributed by atoms with Gasteiger partial charge in [-0.15, -0.1) is 0 Å². The third kappa shape index (κ3) is 22.1. The number of carbonyl (C=O) groups is 2. The van der Waals surface area contributed by atoms with Crippen molar-refractivity contribution in [1.82, 2.24) is 9.44 Å². The third-order valence-corrected chi connectivity index (χ3v) is 16.0. The van der Waals surface area contributed by atoms with Gasteiger partial charge in [-0.1, -0.05) is 6.42 Å². The summed E-state index contributed by atoms with van der Waals surface area (Å²) in [4.78, 5) is 25.1. The second-order valence-electron chi connectivity index (χ2n) is 17.3. The second kappa shape index (κ2) is 28.6. The molecule has 82 heavy (non-hydrogen) atoms. The molecule has 4 heterocycles. The lowest BCUT2D eigenvalue weighted by Crippen LogP contribution is -2.71. The van der Waals surface area contributed by atoms with Gasteiger partial charge in [0.25, 0.3) is 0 Å². The first-order chi connectivity index (χ1) is 37.3. The van der Waals surface area contributed by atoms with E-state index in [4.69, 9.17) is 43.6 Å². The summed E-state index contributed by atoms with van der Waals surface area (Å²) in [6, 6.07) is -5.68. The van der Waals surface area contributed by atoms with Crippen LogP contribution in [0.5, 0.6) is 0 Å². The molecule has 51 heteroatoms. The normalized spacial score (nSPS) is 35.7.